The van der Waals surface area contributed by atoms with Gasteiger partial charge >= 0.3 is 5.92 Å². The Morgan fingerprint density at radius 1 is 1.40 bits per heavy atom. The molecule has 0 saturated heterocycles. The normalized spacial score (nSPS) is 12.3. The van der Waals surface area contributed by atoms with Crippen molar-refractivity contribution in [2.75, 3.05) is 0 Å². The van der Waals surface area contributed by atoms with Crippen molar-refractivity contribution in [1.82, 2.24) is 9.97 Å². The number of hydrogen-bond acceptors (Lipinski definition) is 3. The molecule has 0 aliphatic heterocycles. The van der Waals surface area contributed by atoms with Gasteiger partial charge in [0.15, 0.2) is 0 Å². The van der Waals surface area contributed by atoms with Gasteiger partial charge in [0, 0.05) is 17.2 Å². The molecule has 2 nitrogen and oxygen atoms in total. The molecule has 0 aliphatic rings. The summed E-state index contributed by atoms with van der Waals surface area (Å²) in [6, 6.07) is 1.79. The number of fused-ring (bicyclic) bond motifs is 1. The predicted octanol–water partition coefficient (Wildman–Crippen LogP) is 3.76. The van der Waals surface area contributed by atoms with E-state index in [1.165, 1.54) is 11.3 Å². The van der Waals surface area contributed by atoms with Crippen LogP contribution in [0.4, 0.5) is 8.78 Å². The monoisotopic (exact) mass is 248 g/mol. The first kappa shape index (κ1) is 10.7. The SMILES string of the molecule is Cc1cc2c(Cl)nc(C(C)(F)F)nc2s1. The van der Waals surface area contributed by atoms with E-state index in [-0.39, 0.29) is 5.15 Å². The van der Waals surface area contributed by atoms with Crippen LogP contribution in [0.15, 0.2) is 6.07 Å². The fourth-order valence-corrected chi connectivity index (χ4v) is 2.36. The molecule has 0 amide bonds. The Bertz CT molecular complexity index is 519. The van der Waals surface area contributed by atoms with Crippen molar-refractivity contribution in [3.63, 3.8) is 0 Å². The fourth-order valence-electron chi connectivity index (χ4n) is 1.20. The van der Waals surface area contributed by atoms with Crippen molar-refractivity contribution >= 4 is 33.2 Å². The lowest BCUT2D eigenvalue weighted by Gasteiger charge is -2.08. The Kier molecular flexibility index (Phi) is 2.39. The van der Waals surface area contributed by atoms with E-state index in [0.29, 0.717) is 10.2 Å². The van der Waals surface area contributed by atoms with E-state index >= 15 is 0 Å². The van der Waals surface area contributed by atoms with Gasteiger partial charge in [0.2, 0.25) is 5.82 Å². The van der Waals surface area contributed by atoms with Gasteiger partial charge in [-0.3, -0.25) is 0 Å². The maximum atomic E-state index is 13.0. The van der Waals surface area contributed by atoms with E-state index < -0.39 is 11.7 Å². The smallest absolute Gasteiger partial charge is 0.216 e. The van der Waals surface area contributed by atoms with Gasteiger partial charge in [-0.05, 0) is 13.0 Å². The Morgan fingerprint density at radius 2 is 2.07 bits per heavy atom. The molecule has 0 N–H and O–H groups in total. The highest BCUT2D eigenvalue weighted by atomic mass is 35.5. The van der Waals surface area contributed by atoms with Crippen LogP contribution in [-0.4, -0.2) is 9.97 Å². The molecule has 0 bridgehead atoms. The van der Waals surface area contributed by atoms with Crippen molar-refractivity contribution in [2.45, 2.75) is 19.8 Å². The summed E-state index contributed by atoms with van der Waals surface area (Å²) in [5, 5.41) is 0.716. The van der Waals surface area contributed by atoms with Crippen LogP contribution in [0.25, 0.3) is 10.2 Å². The summed E-state index contributed by atoms with van der Waals surface area (Å²) in [7, 11) is 0. The third-order valence-corrected chi connectivity index (χ3v) is 3.09. The lowest BCUT2D eigenvalue weighted by atomic mass is 10.3. The van der Waals surface area contributed by atoms with Gasteiger partial charge in [0.1, 0.15) is 9.98 Å². The van der Waals surface area contributed by atoms with Gasteiger partial charge in [-0.25, -0.2) is 9.97 Å². The van der Waals surface area contributed by atoms with E-state index in [2.05, 4.69) is 9.97 Å². The second-order valence-electron chi connectivity index (χ2n) is 3.30. The number of alkyl halides is 2. The number of nitrogens with zero attached hydrogens (tertiary/aromatic N) is 2. The van der Waals surface area contributed by atoms with Crippen LogP contribution >= 0.6 is 22.9 Å². The fraction of sp³-hybridized carbons (Fsp3) is 0.333. The zero-order valence-electron chi connectivity index (χ0n) is 8.01. The first-order valence-electron chi connectivity index (χ1n) is 4.20. The van der Waals surface area contributed by atoms with Crippen LogP contribution in [0, 0.1) is 6.92 Å². The van der Waals surface area contributed by atoms with Crippen LogP contribution in [0.3, 0.4) is 0 Å². The maximum absolute atomic E-state index is 13.0. The minimum Gasteiger partial charge on any atom is -0.216 e. The molecule has 0 radical (unpaired) electrons. The summed E-state index contributed by atoms with van der Waals surface area (Å²) < 4.78 is 26.0. The van der Waals surface area contributed by atoms with E-state index in [9.17, 15) is 8.78 Å². The highest BCUT2D eigenvalue weighted by Crippen LogP contribution is 2.32. The van der Waals surface area contributed by atoms with E-state index in [0.717, 1.165) is 11.8 Å². The summed E-state index contributed by atoms with van der Waals surface area (Å²) in [5.74, 6) is -3.59. The summed E-state index contributed by atoms with van der Waals surface area (Å²) in [5.41, 5.74) is 0. The van der Waals surface area contributed by atoms with Crippen LogP contribution in [0.2, 0.25) is 5.15 Å². The lowest BCUT2D eigenvalue weighted by molar-refractivity contribution is 0.00812. The highest BCUT2D eigenvalue weighted by Gasteiger charge is 2.29. The second kappa shape index (κ2) is 3.35. The number of aryl methyl sites for hydroxylation is 1. The molecule has 80 valence electrons. The molecular weight excluding hydrogens is 242 g/mol. The number of hydrogen-bond donors (Lipinski definition) is 0. The molecule has 2 heterocycles. The Morgan fingerprint density at radius 3 is 2.67 bits per heavy atom. The van der Waals surface area contributed by atoms with Crippen molar-refractivity contribution in [3.8, 4) is 0 Å². The predicted molar refractivity (Wildman–Crippen MR) is 56.7 cm³/mol. The number of halogens is 3. The molecule has 0 fully saturated rings. The summed E-state index contributed by atoms with van der Waals surface area (Å²) in [6.07, 6.45) is 0. The van der Waals surface area contributed by atoms with E-state index in [1.54, 1.807) is 6.07 Å². The molecule has 0 saturated carbocycles. The first-order valence-corrected chi connectivity index (χ1v) is 5.39. The number of thiophene rings is 1. The van der Waals surface area contributed by atoms with Gasteiger partial charge in [-0.2, -0.15) is 8.78 Å². The molecule has 6 heteroatoms. The van der Waals surface area contributed by atoms with Gasteiger partial charge in [-0.15, -0.1) is 11.3 Å². The molecule has 0 spiro atoms. The van der Waals surface area contributed by atoms with Crippen LogP contribution in [-0.2, 0) is 5.92 Å². The number of rotatable bonds is 1. The Labute approximate surface area is 93.9 Å². The standard InChI is InChI=1S/C9H7ClF2N2S/c1-4-3-5-6(10)13-8(9(2,11)12)14-7(5)15-4/h3H,1-2H3. The number of aromatic nitrogens is 2. The minimum absolute atomic E-state index is 0.0841. The highest BCUT2D eigenvalue weighted by molar-refractivity contribution is 7.18. The molecule has 2 aromatic heterocycles. The first-order chi connectivity index (χ1) is 6.88. The van der Waals surface area contributed by atoms with Gasteiger partial charge in [0.25, 0.3) is 0 Å². The topological polar surface area (TPSA) is 25.8 Å². The second-order valence-corrected chi connectivity index (χ2v) is 4.90. The van der Waals surface area contributed by atoms with Crippen LogP contribution < -0.4 is 0 Å². The lowest BCUT2D eigenvalue weighted by Crippen LogP contribution is -2.12. The third kappa shape index (κ3) is 1.94. The maximum Gasteiger partial charge on any atom is 0.303 e. The molecule has 0 aliphatic carbocycles. The molecule has 0 atom stereocenters. The Balaban J connectivity index is 2.72. The van der Waals surface area contributed by atoms with Gasteiger partial charge < -0.3 is 0 Å². The Hall–Kier alpha value is -0.810. The molecule has 0 aromatic carbocycles. The minimum atomic E-state index is -3.06. The molecular formula is C9H7ClF2N2S. The quantitative estimate of drug-likeness (QED) is 0.718. The molecule has 2 rings (SSSR count). The van der Waals surface area contributed by atoms with Gasteiger partial charge in [0.05, 0.1) is 0 Å². The summed E-state index contributed by atoms with van der Waals surface area (Å²) >= 11 is 7.13. The zero-order valence-corrected chi connectivity index (χ0v) is 9.59. The summed E-state index contributed by atoms with van der Waals surface area (Å²) in [4.78, 5) is 8.87. The molecule has 2 aromatic rings. The summed E-state index contributed by atoms with van der Waals surface area (Å²) in [6.45, 7) is 2.62. The van der Waals surface area contributed by atoms with E-state index in [4.69, 9.17) is 11.6 Å². The zero-order chi connectivity index (χ0) is 11.2. The molecule has 0 unspecified atom stereocenters. The van der Waals surface area contributed by atoms with Gasteiger partial charge in [-0.1, -0.05) is 11.6 Å². The average Bonchev–Trinajstić information content (AvgIpc) is 2.44. The van der Waals surface area contributed by atoms with Crippen LogP contribution in [0.1, 0.15) is 17.6 Å². The van der Waals surface area contributed by atoms with Crippen molar-refractivity contribution in [1.29, 1.82) is 0 Å². The largest absolute Gasteiger partial charge is 0.303 e. The van der Waals surface area contributed by atoms with Crippen molar-refractivity contribution in [3.05, 3.63) is 21.9 Å². The average molecular weight is 249 g/mol. The molecule has 15 heavy (non-hydrogen) atoms. The van der Waals surface area contributed by atoms with E-state index in [1.807, 2.05) is 6.92 Å². The van der Waals surface area contributed by atoms with Crippen molar-refractivity contribution < 1.29 is 8.78 Å². The van der Waals surface area contributed by atoms with Crippen LogP contribution in [0.5, 0.6) is 0 Å². The van der Waals surface area contributed by atoms with Crippen molar-refractivity contribution in [2.24, 2.45) is 0 Å². The third-order valence-electron chi connectivity index (χ3n) is 1.86.